The van der Waals surface area contributed by atoms with Crippen molar-refractivity contribution in [2.75, 3.05) is 19.5 Å². The Morgan fingerprint density at radius 3 is 2.58 bits per heavy atom. The number of aromatic nitrogens is 2. The molecule has 0 bridgehead atoms. The van der Waals surface area contributed by atoms with Crippen molar-refractivity contribution in [3.63, 3.8) is 0 Å². The van der Waals surface area contributed by atoms with Crippen molar-refractivity contribution >= 4 is 17.3 Å². The number of hydrogen-bond acceptors (Lipinski definition) is 6. The molecule has 0 radical (unpaired) electrons. The van der Waals surface area contributed by atoms with Crippen molar-refractivity contribution in [2.24, 2.45) is 0 Å². The fraction of sp³-hybridized carbons (Fsp3) is 0.176. The van der Waals surface area contributed by atoms with Crippen molar-refractivity contribution in [1.82, 2.24) is 10.2 Å². The molecule has 3 aromatic rings. The predicted octanol–water partition coefficient (Wildman–Crippen LogP) is 4.02. The molecule has 24 heavy (non-hydrogen) atoms. The molecule has 2 aromatic carbocycles. The Bertz CT molecular complexity index is 835. The van der Waals surface area contributed by atoms with Crippen molar-refractivity contribution in [3.05, 3.63) is 53.4 Å². The lowest BCUT2D eigenvalue weighted by atomic mass is 10.2. The molecule has 1 N–H and O–H groups in total. The van der Waals surface area contributed by atoms with E-state index in [2.05, 4.69) is 15.5 Å². The Morgan fingerprint density at radius 1 is 1.04 bits per heavy atom. The van der Waals surface area contributed by atoms with E-state index in [1.807, 2.05) is 36.4 Å². The largest absolute Gasteiger partial charge is 0.493 e. The van der Waals surface area contributed by atoms with Gasteiger partial charge in [-0.25, -0.2) is 0 Å². The van der Waals surface area contributed by atoms with E-state index in [0.29, 0.717) is 40.4 Å². The number of hydrogen-bond donors (Lipinski definition) is 1. The third-order valence-corrected chi connectivity index (χ3v) is 3.73. The number of benzene rings is 2. The number of halogens is 1. The highest BCUT2D eigenvalue weighted by Gasteiger charge is 2.11. The number of ether oxygens (including phenoxy) is 2. The molecule has 0 saturated heterocycles. The molecule has 1 aromatic heterocycles. The van der Waals surface area contributed by atoms with Gasteiger partial charge in [0.25, 0.3) is 0 Å². The topological polar surface area (TPSA) is 69.4 Å². The first kappa shape index (κ1) is 16.1. The van der Waals surface area contributed by atoms with Crippen LogP contribution in [0.3, 0.4) is 0 Å². The van der Waals surface area contributed by atoms with Gasteiger partial charge in [0.1, 0.15) is 0 Å². The molecule has 0 fully saturated rings. The van der Waals surface area contributed by atoms with Crippen LogP contribution in [0.4, 0.5) is 5.69 Å². The molecule has 0 aliphatic carbocycles. The van der Waals surface area contributed by atoms with Gasteiger partial charge >= 0.3 is 0 Å². The van der Waals surface area contributed by atoms with Crippen molar-refractivity contribution in [1.29, 1.82) is 0 Å². The Kier molecular flexibility index (Phi) is 4.86. The molecule has 7 heteroatoms. The second kappa shape index (κ2) is 7.23. The van der Waals surface area contributed by atoms with Crippen molar-refractivity contribution in [3.8, 4) is 23.0 Å². The Balaban J connectivity index is 1.71. The van der Waals surface area contributed by atoms with Gasteiger partial charge in [0.15, 0.2) is 11.5 Å². The summed E-state index contributed by atoms with van der Waals surface area (Å²) in [7, 11) is 3.19. The van der Waals surface area contributed by atoms with E-state index in [1.165, 1.54) is 0 Å². The fourth-order valence-corrected chi connectivity index (χ4v) is 2.41. The summed E-state index contributed by atoms with van der Waals surface area (Å²) >= 11 is 6.13. The zero-order valence-electron chi connectivity index (χ0n) is 13.2. The summed E-state index contributed by atoms with van der Waals surface area (Å²) < 4.78 is 16.1. The van der Waals surface area contributed by atoms with Gasteiger partial charge in [-0.15, -0.1) is 10.2 Å². The van der Waals surface area contributed by atoms with Gasteiger partial charge < -0.3 is 19.2 Å². The van der Waals surface area contributed by atoms with Gasteiger partial charge in [0.05, 0.1) is 31.4 Å². The van der Waals surface area contributed by atoms with E-state index >= 15 is 0 Å². The molecule has 0 aliphatic rings. The highest BCUT2D eigenvalue weighted by molar-refractivity contribution is 6.33. The third-order valence-electron chi connectivity index (χ3n) is 3.40. The molecular weight excluding hydrogens is 330 g/mol. The molecule has 0 unspecified atom stereocenters. The van der Waals surface area contributed by atoms with E-state index < -0.39 is 0 Å². The first-order valence-corrected chi connectivity index (χ1v) is 7.62. The lowest BCUT2D eigenvalue weighted by molar-refractivity contribution is 0.355. The molecular formula is C17H16ClN3O3. The van der Waals surface area contributed by atoms with Gasteiger partial charge in [-0.1, -0.05) is 23.7 Å². The third kappa shape index (κ3) is 3.44. The predicted molar refractivity (Wildman–Crippen MR) is 91.6 cm³/mol. The number of nitrogens with zero attached hydrogens (tertiary/aromatic N) is 2. The minimum Gasteiger partial charge on any atom is -0.493 e. The number of anilines is 1. The van der Waals surface area contributed by atoms with Crippen molar-refractivity contribution < 1.29 is 13.9 Å². The highest BCUT2D eigenvalue weighted by atomic mass is 35.5. The SMILES string of the molecule is COc1ccc(NCc2nnc(-c3ccccc3Cl)o2)cc1OC. The van der Waals surface area contributed by atoms with Crippen LogP contribution in [0.1, 0.15) is 5.89 Å². The van der Waals surface area contributed by atoms with Crippen LogP contribution >= 0.6 is 11.6 Å². The van der Waals surface area contributed by atoms with E-state index in [9.17, 15) is 0 Å². The number of rotatable bonds is 6. The summed E-state index contributed by atoms with van der Waals surface area (Å²) in [5.74, 6) is 2.16. The lowest BCUT2D eigenvalue weighted by Gasteiger charge is -2.10. The summed E-state index contributed by atoms with van der Waals surface area (Å²) in [6.45, 7) is 0.382. The maximum Gasteiger partial charge on any atom is 0.249 e. The second-order valence-corrected chi connectivity index (χ2v) is 5.31. The zero-order valence-corrected chi connectivity index (χ0v) is 14.0. The van der Waals surface area contributed by atoms with E-state index in [4.69, 9.17) is 25.5 Å². The van der Waals surface area contributed by atoms with Crippen LogP contribution in [0.25, 0.3) is 11.5 Å². The molecule has 0 spiro atoms. The van der Waals surface area contributed by atoms with Crippen LogP contribution in [-0.2, 0) is 6.54 Å². The van der Waals surface area contributed by atoms with E-state index in [0.717, 1.165) is 5.69 Å². The monoisotopic (exact) mass is 345 g/mol. The molecule has 0 aliphatic heterocycles. The molecule has 6 nitrogen and oxygen atoms in total. The average Bonchev–Trinajstić information content (AvgIpc) is 3.08. The molecule has 0 amide bonds. The van der Waals surface area contributed by atoms with Gasteiger partial charge in [0, 0.05) is 11.8 Å². The summed E-state index contributed by atoms with van der Waals surface area (Å²) in [6.07, 6.45) is 0. The Labute approximate surface area is 144 Å². The summed E-state index contributed by atoms with van der Waals surface area (Å²) in [6, 6.07) is 12.9. The van der Waals surface area contributed by atoms with Crippen LogP contribution in [-0.4, -0.2) is 24.4 Å². The van der Waals surface area contributed by atoms with E-state index in [-0.39, 0.29) is 0 Å². The Morgan fingerprint density at radius 2 is 1.83 bits per heavy atom. The van der Waals surface area contributed by atoms with Gasteiger partial charge in [-0.05, 0) is 24.3 Å². The standard InChI is InChI=1S/C17H16ClN3O3/c1-22-14-8-7-11(9-15(14)23-2)19-10-16-20-21-17(24-16)12-5-3-4-6-13(12)18/h3-9,19H,10H2,1-2H3. The second-order valence-electron chi connectivity index (χ2n) is 4.90. The zero-order chi connectivity index (χ0) is 16.9. The quantitative estimate of drug-likeness (QED) is 0.727. The first-order chi connectivity index (χ1) is 11.7. The number of nitrogens with one attached hydrogen (secondary N) is 1. The van der Waals surface area contributed by atoms with Crippen LogP contribution in [0, 0.1) is 0 Å². The van der Waals surface area contributed by atoms with Gasteiger partial charge in [0.2, 0.25) is 11.8 Å². The van der Waals surface area contributed by atoms with Crippen LogP contribution in [0.5, 0.6) is 11.5 Å². The smallest absolute Gasteiger partial charge is 0.249 e. The van der Waals surface area contributed by atoms with Crippen LogP contribution in [0.2, 0.25) is 5.02 Å². The minimum absolute atomic E-state index is 0.382. The van der Waals surface area contributed by atoms with Crippen LogP contribution < -0.4 is 14.8 Å². The lowest BCUT2D eigenvalue weighted by Crippen LogP contribution is -2.00. The van der Waals surface area contributed by atoms with Gasteiger partial charge in [-0.2, -0.15) is 0 Å². The minimum atomic E-state index is 0.382. The normalized spacial score (nSPS) is 10.5. The molecule has 0 saturated carbocycles. The molecule has 3 rings (SSSR count). The average molecular weight is 346 g/mol. The van der Waals surface area contributed by atoms with Crippen molar-refractivity contribution in [2.45, 2.75) is 6.54 Å². The summed E-state index contributed by atoms with van der Waals surface area (Å²) in [4.78, 5) is 0. The maximum absolute atomic E-state index is 6.13. The summed E-state index contributed by atoms with van der Waals surface area (Å²) in [5, 5.41) is 11.8. The number of methoxy groups -OCH3 is 2. The summed E-state index contributed by atoms with van der Waals surface area (Å²) in [5.41, 5.74) is 1.56. The first-order valence-electron chi connectivity index (χ1n) is 7.24. The fourth-order valence-electron chi connectivity index (χ4n) is 2.19. The van der Waals surface area contributed by atoms with Crippen LogP contribution in [0.15, 0.2) is 46.9 Å². The van der Waals surface area contributed by atoms with Gasteiger partial charge in [-0.3, -0.25) is 0 Å². The van der Waals surface area contributed by atoms with E-state index in [1.54, 1.807) is 20.3 Å². The maximum atomic E-state index is 6.13. The molecule has 1 heterocycles. The Hall–Kier alpha value is -2.73. The molecule has 124 valence electrons. The highest BCUT2D eigenvalue weighted by Crippen LogP contribution is 2.30. The molecule has 0 atom stereocenters.